The number of carbonyl (C=O) groups is 3. The summed E-state index contributed by atoms with van der Waals surface area (Å²) in [7, 11) is 0. The van der Waals surface area contributed by atoms with E-state index in [0.29, 0.717) is 12.7 Å². The minimum Gasteiger partial charge on any atom is -0.481 e. The summed E-state index contributed by atoms with van der Waals surface area (Å²) in [5.74, 6) is 1.18. The smallest absolute Gasteiger partial charge is 0.303 e. The van der Waals surface area contributed by atoms with Gasteiger partial charge < -0.3 is 15.2 Å². The van der Waals surface area contributed by atoms with E-state index in [4.69, 9.17) is 5.11 Å². The van der Waals surface area contributed by atoms with Gasteiger partial charge in [-0.25, -0.2) is 0 Å². The van der Waals surface area contributed by atoms with Crippen molar-refractivity contribution < 1.29 is 19.5 Å². The highest BCUT2D eigenvalue weighted by Gasteiger charge is 2.41. The molecule has 0 aromatic carbocycles. The molecule has 0 radical (unpaired) electrons. The summed E-state index contributed by atoms with van der Waals surface area (Å²) in [4.78, 5) is 33.9. The molecule has 5 nitrogen and oxygen atoms in total. The number of carbonyl (C=O) groups excluding carboxylic acids is 2. The Balaban J connectivity index is 1.86. The third-order valence-corrected chi connectivity index (χ3v) is 5.47. The average Bonchev–Trinajstić information content (AvgIpc) is 2.40. The second kappa shape index (κ2) is 7.45. The maximum absolute atomic E-state index is 12.3. The Hall–Kier alpha value is -1.39. The SMILES string of the molecule is CC1CC2CC(C1)CC(C)(CC(=O)NC(C=O)CCC(=O)O)C2. The number of carboxylic acids is 1. The fraction of sp³-hybridized carbons (Fsp3) is 0.833. The van der Waals surface area contributed by atoms with Crippen molar-refractivity contribution in [2.45, 2.75) is 71.3 Å². The molecule has 3 unspecified atom stereocenters. The summed E-state index contributed by atoms with van der Waals surface area (Å²) in [6.07, 6.45) is 7.13. The van der Waals surface area contributed by atoms with Crippen molar-refractivity contribution in [3.8, 4) is 0 Å². The van der Waals surface area contributed by atoms with Gasteiger partial charge in [-0.3, -0.25) is 9.59 Å². The first-order chi connectivity index (χ1) is 10.8. The van der Waals surface area contributed by atoms with Crippen molar-refractivity contribution in [2.24, 2.45) is 23.2 Å². The minimum absolute atomic E-state index is 0.0119. The van der Waals surface area contributed by atoms with Crippen LogP contribution in [0.2, 0.25) is 0 Å². The molecule has 2 N–H and O–H groups in total. The van der Waals surface area contributed by atoms with Crippen molar-refractivity contribution in [2.75, 3.05) is 0 Å². The number of aliphatic carboxylic acids is 1. The molecule has 0 heterocycles. The lowest BCUT2D eigenvalue weighted by Gasteiger charge is -2.47. The number of hydrogen-bond donors (Lipinski definition) is 2. The van der Waals surface area contributed by atoms with Gasteiger partial charge in [0.2, 0.25) is 5.91 Å². The summed E-state index contributed by atoms with van der Waals surface area (Å²) in [6, 6.07) is -0.690. The van der Waals surface area contributed by atoms with E-state index < -0.39 is 12.0 Å². The molecule has 0 spiro atoms. The maximum atomic E-state index is 12.3. The molecule has 0 aromatic heterocycles. The molecule has 2 fully saturated rings. The molecule has 2 aliphatic rings. The Bertz CT molecular complexity index is 444. The van der Waals surface area contributed by atoms with Crippen LogP contribution in [0.15, 0.2) is 0 Å². The largest absolute Gasteiger partial charge is 0.481 e. The zero-order chi connectivity index (χ0) is 17.0. The maximum Gasteiger partial charge on any atom is 0.303 e. The van der Waals surface area contributed by atoms with Crippen LogP contribution in [0.5, 0.6) is 0 Å². The Morgan fingerprint density at radius 1 is 1.26 bits per heavy atom. The molecule has 2 rings (SSSR count). The highest BCUT2D eigenvalue weighted by atomic mass is 16.4. The van der Waals surface area contributed by atoms with Crippen LogP contribution in [0.4, 0.5) is 0 Å². The van der Waals surface area contributed by atoms with E-state index >= 15 is 0 Å². The standard InChI is InChI=1S/C18H29NO4/c1-12-5-13-7-14(6-12)9-18(2,8-13)10-16(21)19-15(11-20)3-4-17(22)23/h11-15H,3-10H2,1-2H3,(H,19,21)(H,22,23). The first-order valence-corrected chi connectivity index (χ1v) is 8.76. The molecule has 2 bridgehead atoms. The van der Waals surface area contributed by atoms with Gasteiger partial charge in [0.15, 0.2) is 0 Å². The molecule has 130 valence electrons. The van der Waals surface area contributed by atoms with Crippen LogP contribution < -0.4 is 5.32 Å². The zero-order valence-corrected chi connectivity index (χ0v) is 14.2. The van der Waals surface area contributed by atoms with Crippen molar-refractivity contribution >= 4 is 18.2 Å². The molecule has 0 saturated heterocycles. The van der Waals surface area contributed by atoms with E-state index in [-0.39, 0.29) is 24.2 Å². The molecule has 5 heteroatoms. The lowest BCUT2D eigenvalue weighted by molar-refractivity contribution is -0.137. The van der Waals surface area contributed by atoms with Gasteiger partial charge in [-0.2, -0.15) is 0 Å². The quantitative estimate of drug-likeness (QED) is 0.706. The van der Waals surface area contributed by atoms with E-state index in [0.717, 1.165) is 30.6 Å². The van der Waals surface area contributed by atoms with E-state index in [2.05, 4.69) is 19.2 Å². The second-order valence-electron chi connectivity index (χ2n) is 8.18. The number of amides is 1. The van der Waals surface area contributed by atoms with E-state index in [1.807, 2.05) is 0 Å². The van der Waals surface area contributed by atoms with Gasteiger partial charge >= 0.3 is 5.97 Å². The van der Waals surface area contributed by atoms with Crippen molar-refractivity contribution in [1.29, 1.82) is 0 Å². The first kappa shape index (κ1) is 18.0. The lowest BCUT2D eigenvalue weighted by Crippen LogP contribution is -2.42. The van der Waals surface area contributed by atoms with Crippen LogP contribution in [-0.4, -0.2) is 29.3 Å². The van der Waals surface area contributed by atoms with E-state index in [1.54, 1.807) is 0 Å². The van der Waals surface area contributed by atoms with Crippen LogP contribution in [-0.2, 0) is 14.4 Å². The highest BCUT2D eigenvalue weighted by molar-refractivity contribution is 5.80. The molecular weight excluding hydrogens is 294 g/mol. The second-order valence-corrected chi connectivity index (χ2v) is 8.18. The van der Waals surface area contributed by atoms with Gasteiger partial charge in [0.05, 0.1) is 6.04 Å². The summed E-state index contributed by atoms with van der Waals surface area (Å²) in [6.45, 7) is 4.51. The molecule has 23 heavy (non-hydrogen) atoms. The van der Waals surface area contributed by atoms with Crippen molar-refractivity contribution in [1.82, 2.24) is 5.32 Å². The number of carboxylic acid groups (broad SMARTS) is 1. The van der Waals surface area contributed by atoms with Crippen LogP contribution in [0.3, 0.4) is 0 Å². The predicted molar refractivity (Wildman–Crippen MR) is 86.8 cm³/mol. The van der Waals surface area contributed by atoms with Crippen LogP contribution >= 0.6 is 0 Å². The van der Waals surface area contributed by atoms with Gasteiger partial charge in [-0.05, 0) is 61.7 Å². The number of hydrogen-bond acceptors (Lipinski definition) is 3. The fourth-order valence-corrected chi connectivity index (χ4v) is 4.95. The number of fused-ring (bicyclic) bond motifs is 2. The summed E-state index contributed by atoms with van der Waals surface area (Å²) in [5, 5.41) is 11.4. The molecule has 3 atom stereocenters. The van der Waals surface area contributed by atoms with Crippen molar-refractivity contribution in [3.05, 3.63) is 0 Å². The molecule has 2 saturated carbocycles. The topological polar surface area (TPSA) is 83.5 Å². The Morgan fingerprint density at radius 3 is 2.39 bits per heavy atom. The van der Waals surface area contributed by atoms with Gasteiger partial charge in [0, 0.05) is 12.8 Å². The summed E-state index contributed by atoms with van der Waals surface area (Å²) < 4.78 is 0. The third kappa shape index (κ3) is 5.33. The summed E-state index contributed by atoms with van der Waals surface area (Å²) >= 11 is 0. The van der Waals surface area contributed by atoms with Crippen LogP contribution in [0, 0.1) is 23.2 Å². The predicted octanol–water partition coefficient (Wildman–Crippen LogP) is 2.78. The molecule has 0 aliphatic heterocycles. The van der Waals surface area contributed by atoms with Gasteiger partial charge in [0.1, 0.15) is 6.29 Å². The summed E-state index contributed by atoms with van der Waals surface area (Å²) in [5.41, 5.74) is 0.0119. The Kier molecular flexibility index (Phi) is 5.82. The van der Waals surface area contributed by atoms with Gasteiger partial charge in [0.25, 0.3) is 0 Å². The monoisotopic (exact) mass is 323 g/mol. The molecular formula is C18H29NO4. The zero-order valence-electron chi connectivity index (χ0n) is 14.2. The van der Waals surface area contributed by atoms with E-state index in [1.165, 1.54) is 19.3 Å². The highest BCUT2D eigenvalue weighted by Crippen LogP contribution is 2.51. The number of nitrogens with one attached hydrogen (secondary N) is 1. The molecule has 1 amide bonds. The normalized spacial score (nSPS) is 34.4. The Labute approximate surface area is 138 Å². The lowest BCUT2D eigenvalue weighted by atomic mass is 9.58. The average molecular weight is 323 g/mol. The first-order valence-electron chi connectivity index (χ1n) is 8.76. The Morgan fingerprint density at radius 2 is 1.87 bits per heavy atom. The van der Waals surface area contributed by atoms with Gasteiger partial charge in [-0.1, -0.05) is 13.8 Å². The minimum atomic E-state index is -0.952. The van der Waals surface area contributed by atoms with Crippen LogP contribution in [0.25, 0.3) is 0 Å². The van der Waals surface area contributed by atoms with Gasteiger partial charge in [-0.15, -0.1) is 0 Å². The number of rotatable bonds is 7. The third-order valence-electron chi connectivity index (χ3n) is 5.47. The van der Waals surface area contributed by atoms with Crippen LogP contribution in [0.1, 0.15) is 65.2 Å². The molecule has 2 aliphatic carbocycles. The number of aldehydes is 1. The van der Waals surface area contributed by atoms with E-state index in [9.17, 15) is 14.4 Å². The fourth-order valence-electron chi connectivity index (χ4n) is 4.95. The van der Waals surface area contributed by atoms with Crippen molar-refractivity contribution in [3.63, 3.8) is 0 Å². The molecule has 0 aromatic rings.